The van der Waals surface area contributed by atoms with Gasteiger partial charge >= 0.3 is 6.18 Å². The Morgan fingerprint density at radius 3 is 2.68 bits per heavy atom. The first-order valence-corrected chi connectivity index (χ1v) is 12.8. The van der Waals surface area contributed by atoms with Crippen molar-refractivity contribution >= 4 is 28.6 Å². The lowest BCUT2D eigenvalue weighted by Crippen LogP contribution is -2.51. The molecule has 194 valence electrons. The van der Waals surface area contributed by atoms with Crippen molar-refractivity contribution in [1.82, 2.24) is 19.9 Å². The highest BCUT2D eigenvalue weighted by Gasteiger charge is 2.32. The van der Waals surface area contributed by atoms with Gasteiger partial charge < -0.3 is 10.2 Å². The van der Waals surface area contributed by atoms with E-state index in [1.807, 2.05) is 13.1 Å². The van der Waals surface area contributed by atoms with Gasteiger partial charge in [0.05, 0.1) is 28.1 Å². The van der Waals surface area contributed by atoms with E-state index in [4.69, 9.17) is 17.2 Å². The number of nitrogens with one attached hydrogen (secondary N) is 1. The number of piperazine rings is 1. The summed E-state index contributed by atoms with van der Waals surface area (Å²) in [5.74, 6) is 0.587. The van der Waals surface area contributed by atoms with E-state index in [1.165, 1.54) is 6.07 Å². The van der Waals surface area contributed by atoms with Gasteiger partial charge in [-0.15, -0.1) is 0 Å². The summed E-state index contributed by atoms with van der Waals surface area (Å²) < 4.78 is 40.0. The van der Waals surface area contributed by atoms with Crippen molar-refractivity contribution in [2.24, 2.45) is 0 Å². The number of aryl methyl sites for hydroxylation is 1. The minimum absolute atomic E-state index is 0.309. The maximum absolute atomic E-state index is 13.3. The molecule has 1 aromatic carbocycles. The second kappa shape index (κ2) is 9.98. The van der Waals surface area contributed by atoms with E-state index in [1.54, 1.807) is 6.20 Å². The van der Waals surface area contributed by atoms with E-state index in [0.717, 1.165) is 60.8 Å². The number of rotatable bonds is 4. The van der Waals surface area contributed by atoms with Gasteiger partial charge in [-0.2, -0.15) is 13.2 Å². The molecule has 1 atom stereocenters. The second-order valence-corrected chi connectivity index (χ2v) is 10.2. The van der Waals surface area contributed by atoms with Crippen LogP contribution in [0.1, 0.15) is 42.1 Å². The van der Waals surface area contributed by atoms with Crippen molar-refractivity contribution in [1.29, 1.82) is 0 Å². The molecule has 37 heavy (non-hydrogen) atoms. The molecule has 0 aliphatic carbocycles. The van der Waals surface area contributed by atoms with Crippen LogP contribution in [0, 0.1) is 6.92 Å². The number of hydrogen-bond donors (Lipinski definition) is 1. The molecule has 10 heteroatoms. The van der Waals surface area contributed by atoms with Crippen molar-refractivity contribution in [2.45, 2.75) is 45.8 Å². The highest BCUT2D eigenvalue weighted by Crippen LogP contribution is 2.38. The smallest absolute Gasteiger partial charge is 0.367 e. The van der Waals surface area contributed by atoms with Crippen LogP contribution in [0.2, 0.25) is 0 Å². The molecule has 0 unspecified atom stereocenters. The third kappa shape index (κ3) is 5.31. The summed E-state index contributed by atoms with van der Waals surface area (Å²) in [6, 6.07) is 6.26. The number of alkyl halides is 3. The molecule has 1 N–H and O–H groups in total. The Hall–Kier alpha value is -3.11. The Morgan fingerprint density at radius 1 is 1.14 bits per heavy atom. The summed E-state index contributed by atoms with van der Waals surface area (Å²) in [4.78, 5) is 19.3. The largest absolute Gasteiger partial charge is 0.416 e. The Balaban J connectivity index is 1.46. The van der Waals surface area contributed by atoms with E-state index >= 15 is 0 Å². The van der Waals surface area contributed by atoms with E-state index in [9.17, 15) is 13.2 Å². The van der Waals surface area contributed by atoms with Crippen molar-refractivity contribution in [2.75, 3.05) is 36.4 Å². The maximum atomic E-state index is 13.3. The van der Waals surface area contributed by atoms with E-state index in [-0.39, 0.29) is 0 Å². The highest BCUT2D eigenvalue weighted by molar-refractivity contribution is 7.80. The first-order valence-electron chi connectivity index (χ1n) is 12.4. The lowest BCUT2D eigenvalue weighted by molar-refractivity contribution is -0.137. The molecule has 5 rings (SSSR count). The average Bonchev–Trinajstić information content (AvgIpc) is 2.99. The minimum Gasteiger partial charge on any atom is -0.367 e. The van der Waals surface area contributed by atoms with E-state index < -0.39 is 11.7 Å². The van der Waals surface area contributed by atoms with Gasteiger partial charge in [0.15, 0.2) is 0 Å². The number of aromatic nitrogens is 3. The lowest BCUT2D eigenvalue weighted by atomic mass is 10.0. The molecule has 2 aromatic heterocycles. The summed E-state index contributed by atoms with van der Waals surface area (Å²) in [5.41, 5.74) is 4.56. The number of hydrogen-bond acceptors (Lipinski definition) is 6. The summed E-state index contributed by atoms with van der Waals surface area (Å²) in [6.07, 6.45) is 0.0425. The molecule has 6 nitrogen and oxygen atoms in total. The molecule has 0 amide bonds. The Morgan fingerprint density at radius 2 is 1.95 bits per heavy atom. The Bertz CT molecular complexity index is 1340. The predicted molar refractivity (Wildman–Crippen MR) is 143 cm³/mol. The minimum atomic E-state index is -4.44. The number of thiocarbonyl (C=S) groups is 1. The fourth-order valence-corrected chi connectivity index (χ4v) is 5.34. The molecule has 2 aliphatic rings. The van der Waals surface area contributed by atoms with E-state index in [2.05, 4.69) is 45.0 Å². The second-order valence-electron chi connectivity index (χ2n) is 9.68. The topological polar surface area (TPSA) is 57.2 Å². The van der Waals surface area contributed by atoms with Crippen LogP contribution in [0.4, 0.5) is 24.5 Å². The molecule has 1 fully saturated rings. The molecule has 0 saturated carbocycles. The predicted octanol–water partition coefficient (Wildman–Crippen LogP) is 5.28. The summed E-state index contributed by atoms with van der Waals surface area (Å²) in [6.45, 7) is 10.4. The zero-order valence-corrected chi connectivity index (χ0v) is 21.9. The highest BCUT2D eigenvalue weighted by atomic mass is 32.1. The molecule has 0 spiro atoms. The number of pyridine rings is 1. The van der Waals surface area contributed by atoms with Crippen molar-refractivity contribution in [3.8, 4) is 11.3 Å². The van der Waals surface area contributed by atoms with Crippen LogP contribution < -0.4 is 10.2 Å². The Labute approximate surface area is 219 Å². The van der Waals surface area contributed by atoms with Crippen LogP contribution in [-0.2, 0) is 19.0 Å². The molecule has 0 bridgehead atoms. The van der Waals surface area contributed by atoms with Gasteiger partial charge in [0.1, 0.15) is 5.82 Å². The number of likely N-dealkylation sites (N-methyl/N-ethyl adjacent to an activating group) is 1. The quantitative estimate of drug-likeness (QED) is 0.464. The molecule has 3 aromatic rings. The average molecular weight is 527 g/mol. The third-order valence-electron chi connectivity index (χ3n) is 7.20. The van der Waals surface area contributed by atoms with Crippen molar-refractivity contribution in [3.05, 3.63) is 64.9 Å². The van der Waals surface area contributed by atoms with Crippen molar-refractivity contribution < 1.29 is 13.2 Å². The number of fused-ring (bicyclic) bond motifs is 3. The number of halogens is 3. The number of anilines is 2. The summed E-state index contributed by atoms with van der Waals surface area (Å²) in [5, 5.41) is 2.96. The number of nitrogens with zero attached hydrogens (tertiary/aromatic N) is 5. The van der Waals surface area contributed by atoms with Gasteiger partial charge in [0.25, 0.3) is 0 Å². The third-order valence-corrected chi connectivity index (χ3v) is 7.45. The summed E-state index contributed by atoms with van der Waals surface area (Å²) >= 11 is 5.37. The first-order chi connectivity index (χ1) is 17.6. The molecule has 4 heterocycles. The molecule has 0 radical (unpaired) electrons. The van der Waals surface area contributed by atoms with Gasteiger partial charge in [0.2, 0.25) is 0 Å². The molecular weight excluding hydrogens is 497 g/mol. The molecule has 1 saturated heterocycles. The fourth-order valence-electron chi connectivity index (χ4n) is 5.08. The lowest BCUT2D eigenvalue weighted by Gasteiger charge is -2.40. The van der Waals surface area contributed by atoms with Gasteiger partial charge in [-0.05, 0) is 44.2 Å². The SMILES string of the molecule is CCN1CCN(c2cnc(C)c(Cc3ncc4c(n3)-c3ccc(C(F)(F)F)cc3NC(=S)C4)c2)C[C@@H]1C. The normalized spacial score (nSPS) is 18.2. The molecule has 2 aliphatic heterocycles. The monoisotopic (exact) mass is 526 g/mol. The fraction of sp³-hybridized carbons (Fsp3) is 0.407. The number of benzene rings is 1. The van der Waals surface area contributed by atoms with Crippen LogP contribution >= 0.6 is 12.2 Å². The van der Waals surface area contributed by atoms with E-state index in [0.29, 0.717) is 46.6 Å². The van der Waals surface area contributed by atoms with Gasteiger partial charge in [-0.3, -0.25) is 9.88 Å². The maximum Gasteiger partial charge on any atom is 0.416 e. The zero-order chi connectivity index (χ0) is 26.3. The standard InChI is InChI=1S/C27H29F3N6S/c1-4-35-7-8-36(15-16(35)2)21-9-18(17(3)31-14-21)10-24-32-13-19-11-25(37)33-23-12-20(27(28,29)30)5-6-22(23)26(19)34-24/h5-6,9,12-14,16H,4,7-8,10-11,15H2,1-3H3,(H,33,37)/t16-/m0/s1. The van der Waals surface area contributed by atoms with Crippen LogP contribution in [0.15, 0.2) is 36.7 Å². The van der Waals surface area contributed by atoms with Gasteiger partial charge in [0, 0.05) is 67.2 Å². The van der Waals surface area contributed by atoms with Gasteiger partial charge in [-0.1, -0.05) is 25.2 Å². The first kappa shape index (κ1) is 25.5. The van der Waals surface area contributed by atoms with Crippen LogP contribution in [0.3, 0.4) is 0 Å². The van der Waals surface area contributed by atoms with Crippen molar-refractivity contribution in [3.63, 3.8) is 0 Å². The van der Waals surface area contributed by atoms with Crippen LogP contribution in [0.25, 0.3) is 11.3 Å². The van der Waals surface area contributed by atoms with Crippen LogP contribution in [0.5, 0.6) is 0 Å². The summed E-state index contributed by atoms with van der Waals surface area (Å²) in [7, 11) is 0. The van der Waals surface area contributed by atoms with Gasteiger partial charge in [-0.25, -0.2) is 9.97 Å². The zero-order valence-electron chi connectivity index (χ0n) is 21.1. The molecular formula is C27H29F3N6S. The van der Waals surface area contributed by atoms with Crippen LogP contribution in [-0.4, -0.2) is 57.1 Å². The Kier molecular flexibility index (Phi) is 6.89.